The van der Waals surface area contributed by atoms with Crippen molar-refractivity contribution in [2.45, 2.75) is 13.0 Å². The second-order valence-electron chi connectivity index (χ2n) is 5.75. The normalized spacial score (nSPS) is 12.4. The highest BCUT2D eigenvalue weighted by Gasteiger charge is 2.21. The number of carbonyl (C=O) groups is 1. The van der Waals surface area contributed by atoms with Gasteiger partial charge in [0.25, 0.3) is 5.91 Å². The molecule has 1 aliphatic heterocycles. The summed E-state index contributed by atoms with van der Waals surface area (Å²) >= 11 is 0. The van der Waals surface area contributed by atoms with Crippen molar-refractivity contribution in [2.75, 3.05) is 27.1 Å². The van der Waals surface area contributed by atoms with Crippen LogP contribution in [0.15, 0.2) is 36.5 Å². The molecule has 0 radical (unpaired) electrons. The zero-order valence-electron chi connectivity index (χ0n) is 14.0. The van der Waals surface area contributed by atoms with Crippen LogP contribution < -0.4 is 9.47 Å². The summed E-state index contributed by atoms with van der Waals surface area (Å²) < 4.78 is 17.8. The van der Waals surface area contributed by atoms with Gasteiger partial charge in [0, 0.05) is 44.8 Å². The largest absolute Gasteiger partial charge is 0.454 e. The van der Waals surface area contributed by atoms with E-state index < -0.39 is 0 Å². The topological polar surface area (TPSA) is 52.9 Å². The third kappa shape index (κ3) is 3.54. The Bertz CT molecular complexity index is 711. The van der Waals surface area contributed by atoms with E-state index >= 15 is 0 Å². The van der Waals surface area contributed by atoms with Crippen LogP contribution in [-0.4, -0.2) is 42.4 Å². The highest BCUT2D eigenvalue weighted by molar-refractivity contribution is 5.95. The van der Waals surface area contributed by atoms with Crippen LogP contribution in [0.5, 0.6) is 11.5 Å². The van der Waals surface area contributed by atoms with E-state index in [9.17, 15) is 4.79 Å². The minimum atomic E-state index is -0.0226. The number of hydrogen-bond donors (Lipinski definition) is 0. The molecule has 24 heavy (non-hydrogen) atoms. The van der Waals surface area contributed by atoms with Gasteiger partial charge in [0.2, 0.25) is 6.79 Å². The maximum atomic E-state index is 13.0. The van der Waals surface area contributed by atoms with E-state index in [0.29, 0.717) is 36.8 Å². The lowest BCUT2D eigenvalue weighted by atomic mass is 10.1. The molecule has 128 valence electrons. The number of ether oxygens (including phenoxy) is 3. The zero-order chi connectivity index (χ0) is 16.9. The maximum absolute atomic E-state index is 13.0. The number of aryl methyl sites for hydroxylation is 1. The number of hydrogen-bond acceptors (Lipinski definition) is 4. The molecule has 0 saturated heterocycles. The van der Waals surface area contributed by atoms with Crippen molar-refractivity contribution in [3.63, 3.8) is 0 Å². The molecule has 0 N–H and O–H groups in total. The average molecular weight is 330 g/mol. The lowest BCUT2D eigenvalue weighted by Crippen LogP contribution is -2.32. The Hall–Kier alpha value is -2.47. The Morgan fingerprint density at radius 1 is 1.29 bits per heavy atom. The van der Waals surface area contributed by atoms with E-state index in [-0.39, 0.29) is 12.7 Å². The summed E-state index contributed by atoms with van der Waals surface area (Å²) in [6.07, 6.45) is 2.77. The summed E-state index contributed by atoms with van der Waals surface area (Å²) in [5.74, 6) is 1.28. The fourth-order valence-electron chi connectivity index (χ4n) is 2.72. The van der Waals surface area contributed by atoms with Crippen molar-refractivity contribution in [3.8, 4) is 11.5 Å². The number of amides is 1. The molecule has 1 aromatic carbocycles. The lowest BCUT2D eigenvalue weighted by molar-refractivity contribution is 0.0719. The molecule has 2 aromatic rings. The quantitative estimate of drug-likeness (QED) is 0.732. The van der Waals surface area contributed by atoms with Gasteiger partial charge in [-0.15, -0.1) is 0 Å². The molecular weight excluding hydrogens is 308 g/mol. The molecule has 1 amide bonds. The Kier molecular flexibility index (Phi) is 5.05. The number of methoxy groups -OCH3 is 1. The first-order valence-electron chi connectivity index (χ1n) is 7.97. The molecule has 0 spiro atoms. The predicted octanol–water partition coefficient (Wildman–Crippen LogP) is 2.43. The molecule has 1 aromatic heterocycles. The molecule has 0 fully saturated rings. The molecule has 3 rings (SSSR count). The van der Waals surface area contributed by atoms with Crippen LogP contribution in [0, 0.1) is 0 Å². The van der Waals surface area contributed by atoms with Gasteiger partial charge in [0.15, 0.2) is 11.5 Å². The van der Waals surface area contributed by atoms with Crippen molar-refractivity contribution in [3.05, 3.63) is 47.8 Å². The Balaban J connectivity index is 1.78. The lowest BCUT2D eigenvalue weighted by Gasteiger charge is -2.23. The van der Waals surface area contributed by atoms with Crippen molar-refractivity contribution < 1.29 is 19.0 Å². The van der Waals surface area contributed by atoms with Gasteiger partial charge >= 0.3 is 0 Å². The van der Waals surface area contributed by atoms with E-state index in [4.69, 9.17) is 14.2 Å². The molecule has 1 aliphatic rings. The van der Waals surface area contributed by atoms with Gasteiger partial charge in [0.05, 0.1) is 6.54 Å². The van der Waals surface area contributed by atoms with Gasteiger partial charge in [0.1, 0.15) is 0 Å². The third-order valence-electron chi connectivity index (χ3n) is 4.09. The van der Waals surface area contributed by atoms with Gasteiger partial charge in [-0.3, -0.25) is 4.79 Å². The first-order valence-corrected chi connectivity index (χ1v) is 7.97. The van der Waals surface area contributed by atoms with Crippen LogP contribution in [0.3, 0.4) is 0 Å². The first kappa shape index (κ1) is 16.4. The first-order chi connectivity index (χ1) is 11.7. The van der Waals surface area contributed by atoms with Gasteiger partial charge in [-0.05, 0) is 36.8 Å². The number of fused-ring (bicyclic) bond motifs is 1. The van der Waals surface area contributed by atoms with E-state index in [1.807, 2.05) is 34.8 Å². The van der Waals surface area contributed by atoms with Gasteiger partial charge in [-0.25, -0.2) is 0 Å². The Labute approximate surface area is 141 Å². The molecule has 0 unspecified atom stereocenters. The predicted molar refractivity (Wildman–Crippen MR) is 89.2 cm³/mol. The standard InChI is InChI=1S/C18H22N2O4/c1-19-8-3-5-15(19)12-20(9-4-10-22-2)18(21)14-6-7-16-17(11-14)24-13-23-16/h3,5-8,11H,4,9-10,12-13H2,1-2H3. The van der Waals surface area contributed by atoms with E-state index in [1.165, 1.54) is 0 Å². The van der Waals surface area contributed by atoms with E-state index in [0.717, 1.165) is 12.1 Å². The van der Waals surface area contributed by atoms with Gasteiger partial charge in [-0.1, -0.05) is 0 Å². The smallest absolute Gasteiger partial charge is 0.254 e. The molecule has 0 aliphatic carbocycles. The van der Waals surface area contributed by atoms with Crippen LogP contribution in [-0.2, 0) is 18.3 Å². The molecule has 0 saturated carbocycles. The van der Waals surface area contributed by atoms with Crippen molar-refractivity contribution in [2.24, 2.45) is 7.05 Å². The van der Waals surface area contributed by atoms with E-state index in [2.05, 4.69) is 0 Å². The summed E-state index contributed by atoms with van der Waals surface area (Å²) in [7, 11) is 3.65. The van der Waals surface area contributed by atoms with Crippen LogP contribution >= 0.6 is 0 Å². The fourth-order valence-corrected chi connectivity index (χ4v) is 2.72. The molecule has 2 heterocycles. The Morgan fingerprint density at radius 2 is 2.12 bits per heavy atom. The number of carbonyl (C=O) groups excluding carboxylic acids is 1. The third-order valence-corrected chi connectivity index (χ3v) is 4.09. The maximum Gasteiger partial charge on any atom is 0.254 e. The summed E-state index contributed by atoms with van der Waals surface area (Å²) in [4.78, 5) is 14.8. The second kappa shape index (κ2) is 7.40. The molecule has 6 heteroatoms. The minimum Gasteiger partial charge on any atom is -0.454 e. The summed E-state index contributed by atoms with van der Waals surface area (Å²) in [5, 5.41) is 0. The van der Waals surface area contributed by atoms with Crippen LogP contribution in [0.2, 0.25) is 0 Å². The van der Waals surface area contributed by atoms with Crippen molar-refractivity contribution >= 4 is 5.91 Å². The number of benzene rings is 1. The molecule has 0 atom stereocenters. The highest BCUT2D eigenvalue weighted by atomic mass is 16.7. The molecule has 0 bridgehead atoms. The highest BCUT2D eigenvalue weighted by Crippen LogP contribution is 2.32. The number of nitrogens with zero attached hydrogens (tertiary/aromatic N) is 2. The van der Waals surface area contributed by atoms with Gasteiger partial charge in [-0.2, -0.15) is 0 Å². The second-order valence-corrected chi connectivity index (χ2v) is 5.75. The summed E-state index contributed by atoms with van der Waals surface area (Å²) in [5.41, 5.74) is 1.69. The summed E-state index contributed by atoms with van der Waals surface area (Å²) in [6.45, 7) is 2.01. The summed E-state index contributed by atoms with van der Waals surface area (Å²) in [6, 6.07) is 9.32. The van der Waals surface area contributed by atoms with Gasteiger partial charge < -0.3 is 23.7 Å². The minimum absolute atomic E-state index is 0.0226. The van der Waals surface area contributed by atoms with Crippen molar-refractivity contribution in [1.82, 2.24) is 9.47 Å². The number of rotatable bonds is 7. The van der Waals surface area contributed by atoms with Crippen LogP contribution in [0.4, 0.5) is 0 Å². The monoisotopic (exact) mass is 330 g/mol. The van der Waals surface area contributed by atoms with Crippen LogP contribution in [0.25, 0.3) is 0 Å². The molecular formula is C18H22N2O4. The Morgan fingerprint density at radius 3 is 2.88 bits per heavy atom. The zero-order valence-corrected chi connectivity index (χ0v) is 14.0. The van der Waals surface area contributed by atoms with Crippen LogP contribution in [0.1, 0.15) is 22.5 Å². The fraction of sp³-hybridized carbons (Fsp3) is 0.389. The molecule has 6 nitrogen and oxygen atoms in total. The number of aromatic nitrogens is 1. The average Bonchev–Trinajstić information content (AvgIpc) is 3.21. The van der Waals surface area contributed by atoms with E-state index in [1.54, 1.807) is 25.3 Å². The van der Waals surface area contributed by atoms with Crippen molar-refractivity contribution in [1.29, 1.82) is 0 Å². The SMILES string of the molecule is COCCCN(Cc1cccn1C)C(=O)c1ccc2c(c1)OCO2.